The smallest absolute Gasteiger partial charge is 0.410 e. The Morgan fingerprint density at radius 1 is 1.17 bits per heavy atom. The number of aliphatic hydroxyl groups excluding tert-OH is 1. The average Bonchev–Trinajstić information content (AvgIpc) is 2.62. The fourth-order valence-corrected chi connectivity index (χ4v) is 4.42. The summed E-state index contributed by atoms with van der Waals surface area (Å²) in [6.07, 6.45) is 3.08. The van der Waals surface area contributed by atoms with E-state index in [2.05, 4.69) is 9.71 Å². The van der Waals surface area contributed by atoms with E-state index in [9.17, 15) is 13.2 Å². The number of amides is 1. The number of pyridine rings is 1. The first kappa shape index (κ1) is 24.0. The van der Waals surface area contributed by atoms with Crippen molar-refractivity contribution in [3.05, 3.63) is 36.7 Å². The minimum Gasteiger partial charge on any atom is -0.444 e. The van der Waals surface area contributed by atoms with Crippen molar-refractivity contribution >= 4 is 26.9 Å². The highest BCUT2D eigenvalue weighted by Crippen LogP contribution is 2.21. The van der Waals surface area contributed by atoms with E-state index in [1.54, 1.807) is 65.2 Å². The zero-order chi connectivity index (χ0) is 22.6. The molecule has 0 aliphatic rings. The summed E-state index contributed by atoms with van der Waals surface area (Å²) in [4.78, 5) is 18.1. The maximum Gasteiger partial charge on any atom is 0.410 e. The van der Waals surface area contributed by atoms with Gasteiger partial charge in [0.2, 0.25) is 10.0 Å². The summed E-state index contributed by atoms with van der Waals surface area (Å²) >= 11 is 0. The SMILES string of the molecule is CC(C)(CN(CCCO)C(=O)OC(C)(C)C)NS(=O)(=O)c1ccc2cnccc2c1. The van der Waals surface area contributed by atoms with Crippen LogP contribution in [0.25, 0.3) is 10.8 Å². The Balaban J connectivity index is 2.20. The second kappa shape index (κ2) is 9.28. The summed E-state index contributed by atoms with van der Waals surface area (Å²) in [6.45, 7) is 8.93. The van der Waals surface area contributed by atoms with Crippen LogP contribution in [-0.2, 0) is 14.8 Å². The summed E-state index contributed by atoms with van der Waals surface area (Å²) in [5.41, 5.74) is -1.66. The Bertz CT molecular complexity index is 984. The van der Waals surface area contributed by atoms with Gasteiger partial charge < -0.3 is 14.7 Å². The molecule has 0 radical (unpaired) electrons. The van der Waals surface area contributed by atoms with Crippen molar-refractivity contribution in [1.82, 2.24) is 14.6 Å². The maximum atomic E-state index is 13.0. The summed E-state index contributed by atoms with van der Waals surface area (Å²) in [6, 6.07) is 6.57. The fourth-order valence-electron chi connectivity index (χ4n) is 2.98. The highest BCUT2D eigenvalue weighted by atomic mass is 32.2. The molecular weight excluding hydrogens is 406 g/mol. The Kier molecular flexibility index (Phi) is 7.44. The molecule has 0 saturated heterocycles. The van der Waals surface area contributed by atoms with E-state index >= 15 is 0 Å². The molecule has 0 bridgehead atoms. The molecule has 2 N–H and O–H groups in total. The Hall–Kier alpha value is -2.23. The van der Waals surface area contributed by atoms with Crippen LogP contribution in [0.1, 0.15) is 41.0 Å². The summed E-state index contributed by atoms with van der Waals surface area (Å²) in [5, 5.41) is 10.8. The molecule has 0 unspecified atom stereocenters. The van der Waals surface area contributed by atoms with E-state index < -0.39 is 27.3 Å². The van der Waals surface area contributed by atoms with Crippen LogP contribution < -0.4 is 4.72 Å². The number of hydrogen-bond donors (Lipinski definition) is 2. The van der Waals surface area contributed by atoms with Gasteiger partial charge in [-0.1, -0.05) is 6.07 Å². The van der Waals surface area contributed by atoms with Crippen molar-refractivity contribution in [2.24, 2.45) is 0 Å². The lowest BCUT2D eigenvalue weighted by Crippen LogP contribution is -2.53. The van der Waals surface area contributed by atoms with Gasteiger partial charge >= 0.3 is 6.09 Å². The average molecular weight is 438 g/mol. The van der Waals surface area contributed by atoms with E-state index in [1.165, 1.54) is 11.0 Å². The van der Waals surface area contributed by atoms with Crippen LogP contribution in [0.4, 0.5) is 4.79 Å². The molecule has 166 valence electrons. The number of aliphatic hydroxyl groups is 1. The normalized spacial score (nSPS) is 12.7. The predicted octanol–water partition coefficient (Wildman–Crippen LogP) is 2.91. The van der Waals surface area contributed by atoms with E-state index in [-0.39, 0.29) is 24.6 Å². The lowest BCUT2D eigenvalue weighted by molar-refractivity contribution is 0.0201. The van der Waals surface area contributed by atoms with Crippen LogP contribution >= 0.6 is 0 Å². The largest absolute Gasteiger partial charge is 0.444 e. The van der Waals surface area contributed by atoms with Crippen LogP contribution in [0.3, 0.4) is 0 Å². The van der Waals surface area contributed by atoms with E-state index in [1.807, 2.05) is 0 Å². The van der Waals surface area contributed by atoms with Gasteiger partial charge in [-0.05, 0) is 64.6 Å². The lowest BCUT2D eigenvalue weighted by atomic mass is 10.1. The second-order valence-electron chi connectivity index (χ2n) is 8.85. The number of benzene rings is 1. The first-order valence-corrected chi connectivity index (χ1v) is 11.3. The molecule has 0 aliphatic heterocycles. The van der Waals surface area contributed by atoms with Gasteiger partial charge in [-0.15, -0.1) is 0 Å². The second-order valence-corrected chi connectivity index (χ2v) is 10.5. The van der Waals surface area contributed by atoms with Gasteiger partial charge in [0.05, 0.1) is 4.90 Å². The lowest BCUT2D eigenvalue weighted by Gasteiger charge is -2.34. The quantitative estimate of drug-likeness (QED) is 0.657. The number of nitrogens with zero attached hydrogens (tertiary/aromatic N) is 2. The molecule has 8 nitrogen and oxygen atoms in total. The number of sulfonamides is 1. The molecule has 0 fully saturated rings. The van der Waals surface area contributed by atoms with Gasteiger partial charge in [0.25, 0.3) is 0 Å². The van der Waals surface area contributed by atoms with Gasteiger partial charge in [-0.3, -0.25) is 4.98 Å². The number of ether oxygens (including phenoxy) is 1. The molecule has 1 amide bonds. The number of aromatic nitrogens is 1. The third-order valence-electron chi connectivity index (χ3n) is 4.16. The van der Waals surface area contributed by atoms with Gasteiger partial charge in [-0.25, -0.2) is 17.9 Å². The Labute approximate surface area is 178 Å². The molecule has 2 rings (SSSR count). The van der Waals surface area contributed by atoms with Gasteiger partial charge in [0, 0.05) is 43.0 Å². The maximum absolute atomic E-state index is 13.0. The molecule has 0 saturated carbocycles. The van der Waals surface area contributed by atoms with Gasteiger partial charge in [0.15, 0.2) is 0 Å². The summed E-state index contributed by atoms with van der Waals surface area (Å²) in [7, 11) is -3.83. The summed E-state index contributed by atoms with van der Waals surface area (Å²) < 4.78 is 34.1. The molecule has 2 aromatic rings. The van der Waals surface area contributed by atoms with Crippen molar-refractivity contribution in [3.8, 4) is 0 Å². The van der Waals surface area contributed by atoms with Crippen LogP contribution in [0.15, 0.2) is 41.6 Å². The molecule has 0 aliphatic carbocycles. The van der Waals surface area contributed by atoms with Crippen LogP contribution in [-0.4, -0.2) is 60.3 Å². The predicted molar refractivity (Wildman–Crippen MR) is 116 cm³/mol. The van der Waals surface area contributed by atoms with Crippen LogP contribution in [0, 0.1) is 0 Å². The number of rotatable bonds is 8. The van der Waals surface area contributed by atoms with E-state index in [0.717, 1.165) is 10.8 Å². The van der Waals surface area contributed by atoms with E-state index in [4.69, 9.17) is 9.84 Å². The molecule has 0 spiro atoms. The number of fused-ring (bicyclic) bond motifs is 1. The topological polar surface area (TPSA) is 109 Å². The van der Waals surface area contributed by atoms with E-state index in [0.29, 0.717) is 6.42 Å². The molecular formula is C21H31N3O5S. The number of carbonyl (C=O) groups excluding carboxylic acids is 1. The third kappa shape index (κ3) is 6.93. The first-order chi connectivity index (χ1) is 13.8. The Morgan fingerprint density at radius 2 is 1.87 bits per heavy atom. The number of hydrogen-bond acceptors (Lipinski definition) is 6. The standard InChI is InChI=1S/C21H31N3O5S/c1-20(2,3)29-19(26)24(11-6-12-25)15-21(4,5)23-30(27,28)18-8-7-17-14-22-10-9-16(17)13-18/h7-10,13-14,23,25H,6,11-12,15H2,1-5H3. The van der Waals surface area contributed by atoms with Crippen LogP contribution in [0.5, 0.6) is 0 Å². The molecule has 1 aromatic heterocycles. The molecule has 30 heavy (non-hydrogen) atoms. The fraction of sp³-hybridized carbons (Fsp3) is 0.524. The minimum atomic E-state index is -3.83. The molecule has 9 heteroatoms. The number of nitrogens with one attached hydrogen (secondary N) is 1. The monoisotopic (exact) mass is 437 g/mol. The highest BCUT2D eigenvalue weighted by molar-refractivity contribution is 7.89. The van der Waals surface area contributed by atoms with Crippen molar-refractivity contribution in [2.45, 2.75) is 57.1 Å². The zero-order valence-electron chi connectivity index (χ0n) is 18.2. The van der Waals surface area contributed by atoms with Crippen molar-refractivity contribution < 1.29 is 23.1 Å². The molecule has 0 atom stereocenters. The number of carbonyl (C=O) groups is 1. The van der Waals surface area contributed by atoms with Gasteiger partial charge in [-0.2, -0.15) is 0 Å². The zero-order valence-corrected chi connectivity index (χ0v) is 19.0. The third-order valence-corrected chi connectivity index (χ3v) is 5.85. The van der Waals surface area contributed by atoms with Gasteiger partial charge in [0.1, 0.15) is 5.60 Å². The summed E-state index contributed by atoms with van der Waals surface area (Å²) in [5.74, 6) is 0. The van der Waals surface area contributed by atoms with Crippen molar-refractivity contribution in [2.75, 3.05) is 19.7 Å². The molecule has 1 aromatic carbocycles. The first-order valence-electron chi connectivity index (χ1n) is 9.79. The Morgan fingerprint density at radius 3 is 2.50 bits per heavy atom. The highest BCUT2D eigenvalue weighted by Gasteiger charge is 2.32. The van der Waals surface area contributed by atoms with Crippen LogP contribution in [0.2, 0.25) is 0 Å². The molecule has 1 heterocycles. The minimum absolute atomic E-state index is 0.0820. The van der Waals surface area contributed by atoms with Crippen molar-refractivity contribution in [3.63, 3.8) is 0 Å². The van der Waals surface area contributed by atoms with Crippen molar-refractivity contribution in [1.29, 1.82) is 0 Å².